The number of hydrogen-bond acceptors (Lipinski definition) is 3. The summed E-state index contributed by atoms with van der Waals surface area (Å²) < 4.78 is 0. The highest BCUT2D eigenvalue weighted by atomic mass is 16.2. The number of pyridine rings is 1. The van der Waals surface area contributed by atoms with Gasteiger partial charge in [-0.2, -0.15) is 0 Å². The van der Waals surface area contributed by atoms with Crippen LogP contribution in [0.3, 0.4) is 0 Å². The van der Waals surface area contributed by atoms with E-state index in [1.54, 1.807) is 12.4 Å². The van der Waals surface area contributed by atoms with Gasteiger partial charge in [0.05, 0.1) is 11.0 Å². The standard InChI is InChI=1S/C22H25N3O2/c1-17-13-18(15-23-14-17)20(26)24-11-5-9-22(16-24)10-6-12-25(21(22)27)19-7-3-2-4-8-19/h2-4,7-8,13-15H,5-6,9-12,16H2,1H3. The number of piperidine rings is 2. The number of carbonyl (C=O) groups is 2. The van der Waals surface area contributed by atoms with Gasteiger partial charge in [-0.1, -0.05) is 18.2 Å². The van der Waals surface area contributed by atoms with Crippen LogP contribution in [0.5, 0.6) is 0 Å². The van der Waals surface area contributed by atoms with Crippen molar-refractivity contribution < 1.29 is 9.59 Å². The Labute approximate surface area is 160 Å². The lowest BCUT2D eigenvalue weighted by Crippen LogP contribution is -2.57. The molecule has 0 aliphatic carbocycles. The number of benzene rings is 1. The normalized spacial score (nSPS) is 22.9. The van der Waals surface area contributed by atoms with E-state index in [0.717, 1.165) is 43.5 Å². The van der Waals surface area contributed by atoms with E-state index in [-0.39, 0.29) is 11.8 Å². The number of hydrogen-bond donors (Lipinski definition) is 0. The molecule has 2 aliphatic rings. The van der Waals surface area contributed by atoms with Gasteiger partial charge in [0.1, 0.15) is 0 Å². The fourth-order valence-corrected chi connectivity index (χ4v) is 4.46. The lowest BCUT2D eigenvalue weighted by atomic mass is 9.72. The third-order valence-corrected chi connectivity index (χ3v) is 5.79. The molecule has 2 amide bonds. The van der Waals surface area contributed by atoms with Crippen molar-refractivity contribution in [1.82, 2.24) is 9.88 Å². The number of amides is 2. The van der Waals surface area contributed by atoms with E-state index in [4.69, 9.17) is 0 Å². The fourth-order valence-electron chi connectivity index (χ4n) is 4.46. The zero-order valence-electron chi connectivity index (χ0n) is 15.7. The van der Waals surface area contributed by atoms with Crippen LogP contribution in [-0.2, 0) is 4.79 Å². The smallest absolute Gasteiger partial charge is 0.255 e. The molecular weight excluding hydrogens is 338 g/mol. The highest BCUT2D eigenvalue weighted by Crippen LogP contribution is 2.41. The summed E-state index contributed by atoms with van der Waals surface area (Å²) in [4.78, 5) is 34.3. The summed E-state index contributed by atoms with van der Waals surface area (Å²) in [6, 6.07) is 11.7. The van der Waals surface area contributed by atoms with Crippen LogP contribution in [0.25, 0.3) is 0 Å². The number of aryl methyl sites for hydroxylation is 1. The average molecular weight is 363 g/mol. The van der Waals surface area contributed by atoms with E-state index in [1.807, 2.05) is 53.1 Å². The lowest BCUT2D eigenvalue weighted by Gasteiger charge is -2.47. The van der Waals surface area contributed by atoms with Crippen LogP contribution in [-0.4, -0.2) is 41.3 Å². The summed E-state index contributed by atoms with van der Waals surface area (Å²) in [6.45, 7) is 3.89. The minimum atomic E-state index is -0.459. The Balaban J connectivity index is 1.57. The van der Waals surface area contributed by atoms with Gasteiger partial charge in [-0.25, -0.2) is 0 Å². The van der Waals surface area contributed by atoms with Gasteiger partial charge in [0.25, 0.3) is 5.91 Å². The number of aromatic nitrogens is 1. The van der Waals surface area contributed by atoms with E-state index in [0.29, 0.717) is 18.7 Å². The molecule has 4 rings (SSSR count). The zero-order chi connectivity index (χ0) is 18.9. The van der Waals surface area contributed by atoms with Gasteiger partial charge in [-0.15, -0.1) is 0 Å². The Kier molecular flexibility index (Phi) is 4.68. The molecule has 2 aliphatic heterocycles. The summed E-state index contributed by atoms with van der Waals surface area (Å²) in [6.07, 6.45) is 6.90. The van der Waals surface area contributed by atoms with Crippen molar-refractivity contribution in [2.24, 2.45) is 5.41 Å². The Hall–Kier alpha value is -2.69. The molecular formula is C22H25N3O2. The maximum Gasteiger partial charge on any atom is 0.255 e. The first kappa shape index (κ1) is 17.7. The summed E-state index contributed by atoms with van der Waals surface area (Å²) in [5.41, 5.74) is 2.07. The predicted molar refractivity (Wildman–Crippen MR) is 105 cm³/mol. The quantitative estimate of drug-likeness (QED) is 0.821. The summed E-state index contributed by atoms with van der Waals surface area (Å²) in [7, 11) is 0. The molecule has 27 heavy (non-hydrogen) atoms. The minimum absolute atomic E-state index is 0.0186. The molecule has 1 atom stereocenters. The number of anilines is 1. The van der Waals surface area contributed by atoms with Crippen LogP contribution >= 0.6 is 0 Å². The Morgan fingerprint density at radius 3 is 2.56 bits per heavy atom. The minimum Gasteiger partial charge on any atom is -0.338 e. The first-order valence-electron chi connectivity index (χ1n) is 9.67. The van der Waals surface area contributed by atoms with E-state index >= 15 is 0 Å². The molecule has 2 fully saturated rings. The molecule has 1 aromatic heterocycles. The van der Waals surface area contributed by atoms with Crippen molar-refractivity contribution in [1.29, 1.82) is 0 Å². The molecule has 0 N–H and O–H groups in total. The van der Waals surface area contributed by atoms with Gasteiger partial charge in [0, 0.05) is 37.7 Å². The first-order chi connectivity index (χ1) is 13.1. The van der Waals surface area contributed by atoms with Gasteiger partial charge in [-0.05, 0) is 56.4 Å². The molecule has 140 valence electrons. The molecule has 1 spiro atoms. The maximum atomic E-state index is 13.4. The second-order valence-corrected chi connectivity index (χ2v) is 7.76. The van der Waals surface area contributed by atoms with E-state index in [1.165, 1.54) is 0 Å². The number of carbonyl (C=O) groups excluding carboxylic acids is 2. The number of nitrogens with zero attached hydrogens (tertiary/aromatic N) is 3. The van der Waals surface area contributed by atoms with Gasteiger partial charge < -0.3 is 9.80 Å². The van der Waals surface area contributed by atoms with Crippen LogP contribution in [0.15, 0.2) is 48.8 Å². The van der Waals surface area contributed by atoms with Crippen molar-refractivity contribution in [3.63, 3.8) is 0 Å². The van der Waals surface area contributed by atoms with Crippen molar-refractivity contribution in [2.45, 2.75) is 32.6 Å². The number of likely N-dealkylation sites (tertiary alicyclic amines) is 1. The highest BCUT2D eigenvalue weighted by Gasteiger charge is 2.47. The second kappa shape index (κ2) is 7.14. The zero-order valence-corrected chi connectivity index (χ0v) is 15.7. The molecule has 3 heterocycles. The molecule has 0 saturated carbocycles. The molecule has 1 unspecified atom stereocenters. The molecule has 2 aromatic rings. The van der Waals surface area contributed by atoms with Crippen molar-refractivity contribution >= 4 is 17.5 Å². The number of rotatable bonds is 2. The predicted octanol–water partition coefficient (Wildman–Crippen LogP) is 3.44. The van der Waals surface area contributed by atoms with Gasteiger partial charge >= 0.3 is 0 Å². The molecule has 0 radical (unpaired) electrons. The third kappa shape index (κ3) is 3.34. The Morgan fingerprint density at radius 2 is 1.81 bits per heavy atom. The van der Waals surface area contributed by atoms with Crippen molar-refractivity contribution in [3.05, 3.63) is 59.9 Å². The molecule has 5 nitrogen and oxygen atoms in total. The van der Waals surface area contributed by atoms with E-state index in [9.17, 15) is 9.59 Å². The van der Waals surface area contributed by atoms with E-state index < -0.39 is 5.41 Å². The van der Waals surface area contributed by atoms with Crippen LogP contribution < -0.4 is 4.90 Å². The summed E-state index contributed by atoms with van der Waals surface area (Å²) in [5, 5.41) is 0. The van der Waals surface area contributed by atoms with E-state index in [2.05, 4.69) is 4.98 Å². The highest BCUT2D eigenvalue weighted by molar-refractivity contribution is 6.00. The number of para-hydroxylation sites is 1. The van der Waals surface area contributed by atoms with Crippen LogP contribution in [0, 0.1) is 12.3 Å². The van der Waals surface area contributed by atoms with Gasteiger partial charge in [0.2, 0.25) is 5.91 Å². The monoisotopic (exact) mass is 363 g/mol. The Morgan fingerprint density at radius 1 is 1.07 bits per heavy atom. The molecule has 1 aromatic carbocycles. The van der Waals surface area contributed by atoms with Gasteiger partial charge in [0.15, 0.2) is 0 Å². The first-order valence-corrected chi connectivity index (χ1v) is 9.67. The molecule has 5 heteroatoms. The summed E-state index contributed by atoms with van der Waals surface area (Å²) >= 11 is 0. The van der Waals surface area contributed by atoms with Crippen LogP contribution in [0.1, 0.15) is 41.6 Å². The third-order valence-electron chi connectivity index (χ3n) is 5.79. The second-order valence-electron chi connectivity index (χ2n) is 7.76. The largest absolute Gasteiger partial charge is 0.338 e. The average Bonchev–Trinajstić information content (AvgIpc) is 2.70. The fraction of sp³-hybridized carbons (Fsp3) is 0.409. The Bertz CT molecular complexity index is 848. The maximum absolute atomic E-state index is 13.4. The van der Waals surface area contributed by atoms with Gasteiger partial charge in [-0.3, -0.25) is 14.6 Å². The van der Waals surface area contributed by atoms with Crippen LogP contribution in [0.4, 0.5) is 5.69 Å². The topological polar surface area (TPSA) is 53.5 Å². The summed E-state index contributed by atoms with van der Waals surface area (Å²) in [5.74, 6) is 0.148. The lowest BCUT2D eigenvalue weighted by molar-refractivity contribution is -0.133. The van der Waals surface area contributed by atoms with Crippen LogP contribution in [0.2, 0.25) is 0 Å². The van der Waals surface area contributed by atoms with Crippen molar-refractivity contribution in [2.75, 3.05) is 24.5 Å². The molecule has 2 saturated heterocycles. The molecule has 0 bridgehead atoms. The van der Waals surface area contributed by atoms with Crippen molar-refractivity contribution in [3.8, 4) is 0 Å². The SMILES string of the molecule is Cc1cncc(C(=O)N2CCCC3(CCCN(c4ccccc4)C3=O)C2)c1.